The van der Waals surface area contributed by atoms with Crippen molar-refractivity contribution >= 4 is 21.7 Å². The molecule has 1 rings (SSSR count). The molecule has 0 amide bonds. The summed E-state index contributed by atoms with van der Waals surface area (Å²) in [5.41, 5.74) is 1.17. The molecule has 1 N–H and O–H groups in total. The van der Waals surface area contributed by atoms with Gasteiger partial charge in [-0.2, -0.15) is 0 Å². The zero-order valence-electron chi connectivity index (χ0n) is 11.1. The highest BCUT2D eigenvalue weighted by Gasteiger charge is 2.06. The molecule has 0 spiro atoms. The van der Waals surface area contributed by atoms with Crippen molar-refractivity contribution in [1.82, 2.24) is 10.3 Å². The molecule has 0 aliphatic heterocycles. The molecule has 3 nitrogen and oxygen atoms in total. The maximum absolute atomic E-state index is 4.44. The highest BCUT2D eigenvalue weighted by Crippen LogP contribution is 2.23. The molecule has 1 heterocycles. The molecule has 0 aliphatic carbocycles. The van der Waals surface area contributed by atoms with Gasteiger partial charge >= 0.3 is 0 Å². The molecule has 0 aromatic carbocycles. The van der Waals surface area contributed by atoms with E-state index in [4.69, 9.17) is 0 Å². The highest BCUT2D eigenvalue weighted by atomic mass is 79.9. The first-order chi connectivity index (χ1) is 8.00. The minimum absolute atomic E-state index is 0.699. The van der Waals surface area contributed by atoms with Gasteiger partial charge in [0.05, 0.1) is 4.47 Å². The van der Waals surface area contributed by atoms with E-state index in [0.717, 1.165) is 29.9 Å². The summed E-state index contributed by atoms with van der Waals surface area (Å²) in [7, 11) is 2.07. The first-order valence-corrected chi connectivity index (χ1v) is 6.84. The fourth-order valence-corrected chi connectivity index (χ4v) is 2.32. The molecule has 0 saturated heterocycles. The zero-order valence-corrected chi connectivity index (χ0v) is 12.7. The number of aromatic nitrogens is 1. The average molecular weight is 300 g/mol. The second-order valence-corrected chi connectivity index (χ2v) is 5.69. The lowest BCUT2D eigenvalue weighted by Gasteiger charge is -2.20. The minimum Gasteiger partial charge on any atom is -0.357 e. The van der Waals surface area contributed by atoms with Crippen molar-refractivity contribution in [2.45, 2.75) is 20.8 Å². The Balaban J connectivity index is 2.44. The third-order valence-corrected chi connectivity index (χ3v) is 3.08. The molecule has 0 unspecified atom stereocenters. The van der Waals surface area contributed by atoms with Gasteiger partial charge in [0.1, 0.15) is 5.82 Å². The summed E-state index contributed by atoms with van der Waals surface area (Å²) in [5.74, 6) is 1.70. The number of halogens is 1. The van der Waals surface area contributed by atoms with Gasteiger partial charge in [-0.15, -0.1) is 0 Å². The van der Waals surface area contributed by atoms with Crippen LogP contribution in [-0.4, -0.2) is 31.7 Å². The molecule has 4 heteroatoms. The van der Waals surface area contributed by atoms with Gasteiger partial charge in [0.2, 0.25) is 0 Å². The second-order valence-electron chi connectivity index (χ2n) is 4.84. The van der Waals surface area contributed by atoms with Crippen molar-refractivity contribution < 1.29 is 0 Å². The van der Waals surface area contributed by atoms with Crippen LogP contribution in [0.25, 0.3) is 0 Å². The van der Waals surface area contributed by atoms with Gasteiger partial charge in [-0.05, 0) is 46.9 Å². The predicted octanol–water partition coefficient (Wildman–Crippen LogP) is 2.83. The van der Waals surface area contributed by atoms with Crippen LogP contribution < -0.4 is 10.2 Å². The van der Waals surface area contributed by atoms with E-state index in [1.54, 1.807) is 0 Å². The molecule has 1 aromatic heterocycles. The summed E-state index contributed by atoms with van der Waals surface area (Å²) < 4.78 is 1.06. The molecule has 1 aromatic rings. The van der Waals surface area contributed by atoms with Crippen LogP contribution in [-0.2, 0) is 0 Å². The Morgan fingerprint density at radius 1 is 1.47 bits per heavy atom. The van der Waals surface area contributed by atoms with Crippen molar-refractivity contribution in [3.8, 4) is 0 Å². The Hall–Kier alpha value is -0.610. The van der Waals surface area contributed by atoms with Gasteiger partial charge in [-0.25, -0.2) is 4.98 Å². The van der Waals surface area contributed by atoms with Crippen molar-refractivity contribution in [2.24, 2.45) is 5.92 Å². The van der Waals surface area contributed by atoms with Gasteiger partial charge in [0.25, 0.3) is 0 Å². The van der Waals surface area contributed by atoms with Crippen LogP contribution >= 0.6 is 15.9 Å². The number of aryl methyl sites for hydroxylation is 1. The lowest BCUT2D eigenvalue weighted by Crippen LogP contribution is -2.31. The van der Waals surface area contributed by atoms with Crippen molar-refractivity contribution in [2.75, 3.05) is 31.6 Å². The molecule has 0 fully saturated rings. The third kappa shape index (κ3) is 5.04. The Morgan fingerprint density at radius 3 is 2.76 bits per heavy atom. The van der Waals surface area contributed by atoms with Gasteiger partial charge in [-0.3, -0.25) is 0 Å². The Morgan fingerprint density at radius 2 is 2.18 bits per heavy atom. The van der Waals surface area contributed by atoms with E-state index < -0.39 is 0 Å². The van der Waals surface area contributed by atoms with Crippen LogP contribution in [0.1, 0.15) is 19.4 Å². The van der Waals surface area contributed by atoms with Gasteiger partial charge in [0.15, 0.2) is 0 Å². The standard InChI is InChI=1S/C13H22BrN3/c1-10(2)8-15-5-6-17(4)13-12(14)7-11(3)9-16-13/h7,9-10,15H,5-6,8H2,1-4H3. The first kappa shape index (κ1) is 14.5. The van der Waals surface area contributed by atoms with Crippen LogP contribution in [0.4, 0.5) is 5.82 Å². The molecular formula is C13H22BrN3. The molecule has 0 radical (unpaired) electrons. The van der Waals surface area contributed by atoms with Gasteiger partial charge in [-0.1, -0.05) is 13.8 Å². The monoisotopic (exact) mass is 299 g/mol. The Bertz CT molecular complexity index is 353. The average Bonchev–Trinajstić information content (AvgIpc) is 2.23. The first-order valence-electron chi connectivity index (χ1n) is 6.04. The van der Waals surface area contributed by atoms with E-state index in [-0.39, 0.29) is 0 Å². The summed E-state index contributed by atoms with van der Waals surface area (Å²) >= 11 is 3.56. The van der Waals surface area contributed by atoms with Crippen molar-refractivity contribution in [1.29, 1.82) is 0 Å². The molecule has 0 aliphatic rings. The van der Waals surface area contributed by atoms with E-state index >= 15 is 0 Å². The lowest BCUT2D eigenvalue weighted by molar-refractivity contribution is 0.554. The topological polar surface area (TPSA) is 28.2 Å². The summed E-state index contributed by atoms with van der Waals surface area (Å²) in [4.78, 5) is 6.61. The van der Waals surface area contributed by atoms with Crippen LogP contribution in [0.5, 0.6) is 0 Å². The summed E-state index contributed by atoms with van der Waals surface area (Å²) in [6.45, 7) is 9.49. The van der Waals surface area contributed by atoms with Crippen molar-refractivity contribution in [3.63, 3.8) is 0 Å². The summed E-state index contributed by atoms with van der Waals surface area (Å²) in [6.07, 6.45) is 1.90. The van der Waals surface area contributed by atoms with E-state index in [0.29, 0.717) is 5.92 Å². The number of nitrogens with zero attached hydrogens (tertiary/aromatic N) is 2. The van der Waals surface area contributed by atoms with E-state index in [1.807, 2.05) is 13.1 Å². The second kappa shape index (κ2) is 6.97. The third-order valence-electron chi connectivity index (χ3n) is 2.50. The number of rotatable bonds is 6. The SMILES string of the molecule is Cc1cnc(N(C)CCNCC(C)C)c(Br)c1. The molecule has 17 heavy (non-hydrogen) atoms. The lowest BCUT2D eigenvalue weighted by atomic mass is 10.2. The smallest absolute Gasteiger partial charge is 0.142 e. The number of pyridine rings is 1. The van der Waals surface area contributed by atoms with Crippen LogP contribution in [0, 0.1) is 12.8 Å². The maximum Gasteiger partial charge on any atom is 0.142 e. The van der Waals surface area contributed by atoms with Crippen LogP contribution in [0.15, 0.2) is 16.7 Å². The quantitative estimate of drug-likeness (QED) is 0.819. The number of anilines is 1. The molecule has 0 atom stereocenters. The predicted molar refractivity (Wildman–Crippen MR) is 77.7 cm³/mol. The fourth-order valence-electron chi connectivity index (χ4n) is 1.55. The normalized spacial score (nSPS) is 10.9. The van der Waals surface area contributed by atoms with E-state index in [9.17, 15) is 0 Å². The van der Waals surface area contributed by atoms with E-state index in [1.165, 1.54) is 5.56 Å². The fraction of sp³-hybridized carbons (Fsp3) is 0.615. The van der Waals surface area contributed by atoms with Crippen LogP contribution in [0.3, 0.4) is 0 Å². The molecular weight excluding hydrogens is 278 g/mol. The molecule has 96 valence electrons. The molecule has 0 saturated carbocycles. The Kier molecular flexibility index (Phi) is 5.92. The number of hydrogen-bond donors (Lipinski definition) is 1. The Labute approximate surface area is 113 Å². The largest absolute Gasteiger partial charge is 0.357 e. The van der Waals surface area contributed by atoms with Crippen molar-refractivity contribution in [3.05, 3.63) is 22.3 Å². The summed E-state index contributed by atoms with van der Waals surface area (Å²) in [6, 6.07) is 2.10. The van der Waals surface area contributed by atoms with E-state index in [2.05, 4.69) is 58.1 Å². The maximum atomic E-state index is 4.44. The van der Waals surface area contributed by atoms with Gasteiger partial charge < -0.3 is 10.2 Å². The minimum atomic E-state index is 0.699. The molecule has 0 bridgehead atoms. The number of hydrogen-bond acceptors (Lipinski definition) is 3. The van der Waals surface area contributed by atoms with Crippen LogP contribution in [0.2, 0.25) is 0 Å². The number of nitrogens with one attached hydrogen (secondary N) is 1. The van der Waals surface area contributed by atoms with Gasteiger partial charge in [0, 0.05) is 26.3 Å². The number of likely N-dealkylation sites (N-methyl/N-ethyl adjacent to an activating group) is 1. The summed E-state index contributed by atoms with van der Waals surface area (Å²) in [5, 5.41) is 3.43. The zero-order chi connectivity index (χ0) is 12.8. The highest BCUT2D eigenvalue weighted by molar-refractivity contribution is 9.10.